The molecule has 2 heterocycles. The van der Waals surface area contributed by atoms with Gasteiger partial charge < -0.3 is 14.8 Å². The number of thioether (sulfide) groups is 1. The second-order valence-electron chi connectivity index (χ2n) is 10.3. The number of rotatable bonds is 10. The van der Waals surface area contributed by atoms with Crippen molar-refractivity contribution in [3.8, 4) is 22.8 Å². The zero-order valence-electron chi connectivity index (χ0n) is 24.9. The van der Waals surface area contributed by atoms with Crippen LogP contribution in [-0.4, -0.2) is 63.6 Å². The first-order chi connectivity index (χ1) is 22.4. The molecule has 4 aromatic rings. The van der Waals surface area contributed by atoms with Crippen LogP contribution >= 0.6 is 11.8 Å². The van der Waals surface area contributed by atoms with E-state index in [-0.39, 0.29) is 29.3 Å². The largest absolute Gasteiger partial charge is 0.499 e. The number of hydrogen-bond acceptors (Lipinski definition) is 7. The predicted octanol–water partition coefficient (Wildman–Crippen LogP) is 6.56. The second-order valence-corrected chi connectivity index (χ2v) is 11.2. The van der Waals surface area contributed by atoms with Gasteiger partial charge in [0.15, 0.2) is 11.0 Å². The van der Waals surface area contributed by atoms with Crippen molar-refractivity contribution in [1.29, 1.82) is 0 Å². The predicted molar refractivity (Wildman–Crippen MR) is 165 cm³/mol. The van der Waals surface area contributed by atoms with E-state index in [1.165, 1.54) is 39.8 Å². The van der Waals surface area contributed by atoms with Gasteiger partial charge in [-0.1, -0.05) is 61.2 Å². The van der Waals surface area contributed by atoms with Gasteiger partial charge in [0.05, 0.1) is 23.7 Å². The number of anilines is 1. The van der Waals surface area contributed by atoms with Crippen molar-refractivity contribution < 1.29 is 41.0 Å². The molecule has 1 N–H and O–H groups in total. The van der Waals surface area contributed by atoms with Crippen LogP contribution in [0.2, 0.25) is 0 Å². The normalized spacial score (nSPS) is 15.3. The third kappa shape index (κ3) is 7.77. The van der Waals surface area contributed by atoms with Gasteiger partial charge in [-0.3, -0.25) is 9.69 Å². The minimum absolute atomic E-state index is 0.0967. The lowest BCUT2D eigenvalue weighted by Gasteiger charge is -2.20. The van der Waals surface area contributed by atoms with E-state index in [0.29, 0.717) is 29.4 Å². The molecule has 1 unspecified atom stereocenters. The van der Waals surface area contributed by atoms with Gasteiger partial charge in [-0.25, -0.2) is 14.5 Å². The number of benzene rings is 3. The van der Waals surface area contributed by atoms with Crippen molar-refractivity contribution in [2.75, 3.05) is 24.3 Å². The first-order valence-corrected chi connectivity index (χ1v) is 15.0. The zero-order chi connectivity index (χ0) is 33.8. The molecular weight excluding hydrogens is 647 g/mol. The summed E-state index contributed by atoms with van der Waals surface area (Å²) < 4.78 is 73.9. The second kappa shape index (κ2) is 13.9. The van der Waals surface area contributed by atoms with Crippen molar-refractivity contribution in [2.24, 2.45) is 4.99 Å². The molecule has 0 saturated carbocycles. The summed E-state index contributed by atoms with van der Waals surface area (Å²) in [6.07, 6.45) is -9.80. The van der Waals surface area contributed by atoms with Crippen LogP contribution in [0.25, 0.3) is 17.1 Å². The molecule has 10 nitrogen and oxygen atoms in total. The van der Waals surface area contributed by atoms with Crippen LogP contribution in [0.1, 0.15) is 24.0 Å². The number of urea groups is 1. The Morgan fingerprint density at radius 2 is 1.74 bits per heavy atom. The highest BCUT2D eigenvalue weighted by molar-refractivity contribution is 8.15. The molecule has 1 saturated heterocycles. The van der Waals surface area contributed by atoms with Gasteiger partial charge in [-0.05, 0) is 41.8 Å². The molecule has 246 valence electrons. The molecule has 47 heavy (non-hydrogen) atoms. The summed E-state index contributed by atoms with van der Waals surface area (Å²) in [5, 5.41) is 7.43. The molecule has 0 bridgehead atoms. The maximum absolute atomic E-state index is 13.2. The van der Waals surface area contributed by atoms with E-state index in [1.807, 2.05) is 31.2 Å². The van der Waals surface area contributed by atoms with Crippen LogP contribution in [0.3, 0.4) is 0 Å². The quantitative estimate of drug-likeness (QED) is 0.190. The lowest BCUT2D eigenvalue weighted by molar-refractivity contribution is -0.360. The number of aromatic nitrogens is 3. The molecule has 1 aliphatic rings. The van der Waals surface area contributed by atoms with Crippen LogP contribution in [0.4, 0.5) is 32.4 Å². The van der Waals surface area contributed by atoms with E-state index in [0.717, 1.165) is 23.3 Å². The monoisotopic (exact) mass is 674 g/mol. The zero-order valence-corrected chi connectivity index (χ0v) is 25.7. The number of aliphatic imine (C=N–C) groups is 1. The number of para-hydroxylation sites is 1. The number of nitrogens with zero attached hydrogens (tertiary/aromatic N) is 5. The molecule has 0 radical (unpaired) electrons. The van der Waals surface area contributed by atoms with Crippen LogP contribution < -0.4 is 15.0 Å². The van der Waals surface area contributed by atoms with Gasteiger partial charge in [0.25, 0.3) is 0 Å². The summed E-state index contributed by atoms with van der Waals surface area (Å²) in [6, 6.07) is 18.5. The molecule has 1 aliphatic heterocycles. The average Bonchev–Trinajstić information content (AvgIpc) is 3.67. The molecule has 0 spiro atoms. The molecule has 3 amide bonds. The number of alkyl halides is 5. The molecular formula is C31H27F5N6O4S. The number of halogens is 5. The van der Waals surface area contributed by atoms with Crippen LogP contribution in [0.15, 0.2) is 84.1 Å². The molecule has 1 fully saturated rings. The third-order valence-electron chi connectivity index (χ3n) is 6.96. The van der Waals surface area contributed by atoms with E-state index in [2.05, 4.69) is 25.1 Å². The number of ether oxygens (including phenoxy) is 2. The molecule has 3 aromatic carbocycles. The standard InChI is InChI=1S/C31H27F5N6O4S/c1-19(15-37-28(44)39-29-42(26(43)17-47-29)25-6-4-3-5-22(25)16-45-2)20-7-9-21(10-8-20)27-38-18-41(40-27)23-11-13-24(14-12-23)46-31(35,36)30(32,33)34/h3-14,18-19H,15-17H2,1-2H3,(H,37,44). The average molecular weight is 675 g/mol. The summed E-state index contributed by atoms with van der Waals surface area (Å²) in [5.41, 5.74) is 3.34. The Labute approximate surface area is 269 Å². The van der Waals surface area contributed by atoms with Gasteiger partial charge in [-0.2, -0.15) is 26.9 Å². The third-order valence-corrected chi connectivity index (χ3v) is 7.88. The maximum Gasteiger partial charge on any atom is 0.499 e. The fourth-order valence-corrected chi connectivity index (χ4v) is 5.38. The van der Waals surface area contributed by atoms with E-state index in [4.69, 9.17) is 4.74 Å². The summed E-state index contributed by atoms with van der Waals surface area (Å²) in [7, 11) is 1.56. The van der Waals surface area contributed by atoms with E-state index in [9.17, 15) is 31.5 Å². The minimum Gasteiger partial charge on any atom is -0.426 e. The summed E-state index contributed by atoms with van der Waals surface area (Å²) >= 11 is 1.18. The van der Waals surface area contributed by atoms with Crippen LogP contribution in [0.5, 0.6) is 5.75 Å². The van der Waals surface area contributed by atoms with Gasteiger partial charge in [-0.15, -0.1) is 5.10 Å². The van der Waals surface area contributed by atoms with E-state index < -0.39 is 24.1 Å². The summed E-state index contributed by atoms with van der Waals surface area (Å²) in [4.78, 5) is 35.2. The molecule has 0 aliphatic carbocycles. The highest BCUT2D eigenvalue weighted by Crippen LogP contribution is 2.37. The number of carbonyl (C=O) groups is 2. The minimum atomic E-state index is -5.85. The number of nitrogens with one attached hydrogen (secondary N) is 1. The fourth-order valence-electron chi connectivity index (χ4n) is 4.53. The van der Waals surface area contributed by atoms with Crippen LogP contribution in [-0.2, 0) is 16.1 Å². The first-order valence-electron chi connectivity index (χ1n) is 14.0. The van der Waals surface area contributed by atoms with Gasteiger partial charge >= 0.3 is 18.3 Å². The molecule has 5 rings (SSSR count). The Kier molecular flexibility index (Phi) is 9.91. The molecule has 1 aromatic heterocycles. The van der Waals surface area contributed by atoms with E-state index >= 15 is 0 Å². The Hall–Kier alpha value is -4.83. The number of methoxy groups -OCH3 is 1. The Morgan fingerprint density at radius 3 is 2.43 bits per heavy atom. The van der Waals surface area contributed by atoms with Crippen LogP contribution in [0, 0.1) is 0 Å². The number of amides is 3. The number of hydrogen-bond donors (Lipinski definition) is 1. The van der Waals surface area contributed by atoms with Crippen molar-refractivity contribution in [3.63, 3.8) is 0 Å². The Balaban J connectivity index is 1.18. The SMILES string of the molecule is COCc1ccccc1N1C(=O)CSC1=NC(=O)NCC(C)c1ccc(-c2ncn(-c3ccc(OC(F)(F)C(F)(F)F)cc3)n2)cc1. The Morgan fingerprint density at radius 1 is 1.04 bits per heavy atom. The van der Waals surface area contributed by atoms with Crippen molar-refractivity contribution in [1.82, 2.24) is 20.1 Å². The van der Waals surface area contributed by atoms with Gasteiger partial charge in [0, 0.05) is 24.8 Å². The van der Waals surface area contributed by atoms with Gasteiger partial charge in [0.1, 0.15) is 12.1 Å². The topological polar surface area (TPSA) is 111 Å². The maximum atomic E-state index is 13.2. The highest BCUT2D eigenvalue weighted by atomic mass is 32.2. The lowest BCUT2D eigenvalue weighted by Crippen LogP contribution is -2.41. The molecule has 16 heteroatoms. The number of amidine groups is 1. The fraction of sp³-hybridized carbons (Fsp3) is 0.258. The van der Waals surface area contributed by atoms with Gasteiger partial charge in [0.2, 0.25) is 5.91 Å². The van der Waals surface area contributed by atoms with Crippen molar-refractivity contribution in [2.45, 2.75) is 31.7 Å². The van der Waals surface area contributed by atoms with E-state index in [1.54, 1.807) is 31.4 Å². The smallest absolute Gasteiger partial charge is 0.426 e. The number of carbonyl (C=O) groups excluding carboxylic acids is 2. The molecule has 1 atom stereocenters. The summed E-state index contributed by atoms with van der Waals surface area (Å²) in [5.74, 6) is -0.434. The van der Waals surface area contributed by atoms with Crippen molar-refractivity contribution in [3.05, 3.63) is 90.3 Å². The lowest BCUT2D eigenvalue weighted by atomic mass is 10.00. The highest BCUT2D eigenvalue weighted by Gasteiger charge is 2.61. The Bertz CT molecular complexity index is 1760. The van der Waals surface area contributed by atoms with Crippen molar-refractivity contribution >= 4 is 34.6 Å². The first kappa shape index (κ1) is 33.5. The summed E-state index contributed by atoms with van der Waals surface area (Å²) in [6.45, 7) is 2.49.